The van der Waals surface area contributed by atoms with Crippen LogP contribution in [0, 0.1) is 5.82 Å². The fraction of sp³-hybridized carbons (Fsp3) is 0.333. The summed E-state index contributed by atoms with van der Waals surface area (Å²) in [4.78, 5) is 2.34. The van der Waals surface area contributed by atoms with Crippen molar-refractivity contribution in [2.75, 3.05) is 30.3 Å². The predicted molar refractivity (Wildman–Crippen MR) is 133 cm³/mol. The Hall–Kier alpha value is -2.12. The monoisotopic (exact) mass is 560 g/mol. The SMILES string of the molecule is C[C@](O)(c1ccc(N2CCN(S(=O)(=O)c3cccs3)C[C@@H]2CSc2ccccc2F)cc1)C(F)(F)F. The van der Waals surface area contributed by atoms with Crippen molar-refractivity contribution in [2.24, 2.45) is 0 Å². The van der Waals surface area contributed by atoms with E-state index in [1.807, 2.05) is 4.90 Å². The van der Waals surface area contributed by atoms with E-state index < -0.39 is 21.8 Å². The van der Waals surface area contributed by atoms with Crippen LogP contribution in [0.1, 0.15) is 12.5 Å². The molecule has 4 rings (SSSR count). The molecule has 0 bridgehead atoms. The lowest BCUT2D eigenvalue weighted by Gasteiger charge is -2.42. The number of rotatable bonds is 7. The van der Waals surface area contributed by atoms with Gasteiger partial charge in [-0.15, -0.1) is 23.1 Å². The van der Waals surface area contributed by atoms with Crippen molar-refractivity contribution >= 4 is 38.8 Å². The molecule has 0 radical (unpaired) electrons. The Bertz CT molecular complexity index is 1280. The minimum absolute atomic E-state index is 0.129. The van der Waals surface area contributed by atoms with Crippen LogP contribution in [-0.2, 0) is 15.6 Å². The number of piperazine rings is 1. The average molecular weight is 561 g/mol. The molecular weight excluding hydrogens is 536 g/mol. The number of halogens is 4. The van der Waals surface area contributed by atoms with Crippen LogP contribution in [0.3, 0.4) is 0 Å². The van der Waals surface area contributed by atoms with E-state index in [2.05, 4.69) is 0 Å². The highest BCUT2D eigenvalue weighted by Gasteiger charge is 2.51. The normalized spacial score (nSPS) is 19.3. The number of alkyl halides is 3. The lowest BCUT2D eigenvalue weighted by atomic mass is 9.95. The number of hydrogen-bond acceptors (Lipinski definition) is 6. The minimum atomic E-state index is -4.84. The van der Waals surface area contributed by atoms with Gasteiger partial charge in [0.1, 0.15) is 10.0 Å². The molecule has 0 saturated carbocycles. The summed E-state index contributed by atoms with van der Waals surface area (Å²) in [6.45, 7) is 1.30. The largest absolute Gasteiger partial charge is 0.421 e. The third kappa shape index (κ3) is 5.42. The molecule has 2 atom stereocenters. The van der Waals surface area contributed by atoms with Gasteiger partial charge in [-0.25, -0.2) is 12.8 Å². The highest BCUT2D eigenvalue weighted by Crippen LogP contribution is 2.39. The van der Waals surface area contributed by atoms with E-state index in [1.165, 1.54) is 46.4 Å². The van der Waals surface area contributed by atoms with Crippen LogP contribution in [0.4, 0.5) is 23.2 Å². The molecule has 1 aromatic heterocycles. The maximum atomic E-state index is 14.2. The highest BCUT2D eigenvalue weighted by atomic mass is 32.2. The molecular formula is C24H24F4N2O3S3. The molecule has 194 valence electrons. The second kappa shape index (κ2) is 10.3. The Morgan fingerprint density at radius 3 is 2.36 bits per heavy atom. The fourth-order valence-electron chi connectivity index (χ4n) is 3.95. The molecule has 0 unspecified atom stereocenters. The first-order valence-electron chi connectivity index (χ1n) is 11.0. The van der Waals surface area contributed by atoms with Gasteiger partial charge in [0.2, 0.25) is 0 Å². The number of benzene rings is 2. The number of thioether (sulfide) groups is 1. The molecule has 2 heterocycles. The van der Waals surface area contributed by atoms with Gasteiger partial charge in [0, 0.05) is 36.0 Å². The van der Waals surface area contributed by atoms with Gasteiger partial charge in [-0.3, -0.25) is 0 Å². The number of aliphatic hydroxyl groups is 1. The predicted octanol–water partition coefficient (Wildman–Crippen LogP) is 5.33. The second-order valence-electron chi connectivity index (χ2n) is 8.50. The fourth-order valence-corrected chi connectivity index (χ4v) is 7.61. The van der Waals surface area contributed by atoms with Crippen molar-refractivity contribution in [1.29, 1.82) is 0 Å². The van der Waals surface area contributed by atoms with Crippen LogP contribution < -0.4 is 4.90 Å². The summed E-state index contributed by atoms with van der Waals surface area (Å²) in [7, 11) is -3.71. The highest BCUT2D eigenvalue weighted by molar-refractivity contribution is 7.99. The Morgan fingerprint density at radius 1 is 1.06 bits per heavy atom. The van der Waals surface area contributed by atoms with Gasteiger partial charge in [0.15, 0.2) is 5.60 Å². The van der Waals surface area contributed by atoms with Gasteiger partial charge >= 0.3 is 6.18 Å². The molecule has 2 aromatic carbocycles. The quantitative estimate of drug-likeness (QED) is 0.313. The van der Waals surface area contributed by atoms with E-state index in [0.717, 1.165) is 11.3 Å². The first kappa shape index (κ1) is 26.9. The summed E-state index contributed by atoms with van der Waals surface area (Å²) in [6, 6.07) is 14.5. The molecule has 1 fully saturated rings. The second-order valence-corrected chi connectivity index (χ2v) is 12.7. The van der Waals surface area contributed by atoms with Crippen LogP contribution in [0.2, 0.25) is 0 Å². The maximum absolute atomic E-state index is 14.2. The zero-order valence-corrected chi connectivity index (χ0v) is 21.6. The Kier molecular flexibility index (Phi) is 7.73. The topological polar surface area (TPSA) is 60.9 Å². The molecule has 1 N–H and O–H groups in total. The molecule has 3 aromatic rings. The van der Waals surface area contributed by atoms with Crippen molar-refractivity contribution in [3.8, 4) is 0 Å². The zero-order chi connectivity index (χ0) is 26.1. The van der Waals surface area contributed by atoms with Crippen molar-refractivity contribution in [3.05, 3.63) is 77.4 Å². The summed E-state index contributed by atoms with van der Waals surface area (Å²) in [5.74, 6) is -0.0361. The van der Waals surface area contributed by atoms with Gasteiger partial charge in [-0.05, 0) is 48.2 Å². The molecule has 1 saturated heterocycles. The lowest BCUT2D eigenvalue weighted by molar-refractivity contribution is -0.258. The average Bonchev–Trinajstić information content (AvgIpc) is 3.39. The maximum Gasteiger partial charge on any atom is 0.421 e. The van der Waals surface area contributed by atoms with E-state index in [1.54, 1.807) is 35.7 Å². The van der Waals surface area contributed by atoms with Gasteiger partial charge in [-0.1, -0.05) is 30.3 Å². The minimum Gasteiger partial charge on any atom is -0.376 e. The van der Waals surface area contributed by atoms with E-state index in [0.29, 0.717) is 29.8 Å². The molecule has 36 heavy (non-hydrogen) atoms. The van der Waals surface area contributed by atoms with E-state index >= 15 is 0 Å². The van der Waals surface area contributed by atoms with Crippen LogP contribution in [0.15, 0.2) is 75.1 Å². The summed E-state index contributed by atoms with van der Waals surface area (Å²) in [6.07, 6.45) is -4.84. The number of anilines is 1. The number of nitrogens with zero attached hydrogens (tertiary/aromatic N) is 2. The molecule has 0 spiro atoms. The Labute approximate surface area is 215 Å². The van der Waals surface area contributed by atoms with Gasteiger partial charge < -0.3 is 10.0 Å². The lowest BCUT2D eigenvalue weighted by Crippen LogP contribution is -2.55. The number of hydrogen-bond donors (Lipinski definition) is 1. The molecule has 1 aliphatic heterocycles. The van der Waals surface area contributed by atoms with E-state index in [4.69, 9.17) is 0 Å². The van der Waals surface area contributed by atoms with Crippen LogP contribution >= 0.6 is 23.1 Å². The summed E-state index contributed by atoms with van der Waals surface area (Å²) in [5.41, 5.74) is -2.71. The molecule has 1 aliphatic rings. The van der Waals surface area contributed by atoms with Gasteiger partial charge in [0.25, 0.3) is 10.0 Å². The van der Waals surface area contributed by atoms with Crippen LogP contribution in [0.25, 0.3) is 0 Å². The smallest absolute Gasteiger partial charge is 0.376 e. The Balaban J connectivity index is 1.60. The van der Waals surface area contributed by atoms with Crippen LogP contribution in [0.5, 0.6) is 0 Å². The van der Waals surface area contributed by atoms with Crippen molar-refractivity contribution in [1.82, 2.24) is 4.31 Å². The molecule has 12 heteroatoms. The molecule has 0 amide bonds. The zero-order valence-electron chi connectivity index (χ0n) is 19.2. The first-order valence-corrected chi connectivity index (χ1v) is 14.3. The third-order valence-electron chi connectivity index (χ3n) is 6.12. The van der Waals surface area contributed by atoms with Crippen molar-refractivity contribution in [3.63, 3.8) is 0 Å². The van der Waals surface area contributed by atoms with Crippen LogP contribution in [-0.4, -0.2) is 55.4 Å². The Morgan fingerprint density at radius 2 is 1.75 bits per heavy atom. The van der Waals surface area contributed by atoms with Crippen molar-refractivity contribution < 1.29 is 31.1 Å². The van der Waals surface area contributed by atoms with Gasteiger partial charge in [0.05, 0.1) is 6.04 Å². The third-order valence-corrected chi connectivity index (χ3v) is 10.5. The summed E-state index contributed by atoms with van der Waals surface area (Å²) in [5, 5.41) is 11.7. The first-order chi connectivity index (χ1) is 16.9. The molecule has 0 aliphatic carbocycles. The summed E-state index contributed by atoms with van der Waals surface area (Å²) < 4.78 is 81.8. The summed E-state index contributed by atoms with van der Waals surface area (Å²) >= 11 is 2.37. The number of thiophene rings is 1. The van der Waals surface area contributed by atoms with E-state index in [9.17, 15) is 31.1 Å². The standard InChI is InChI=1S/C24H24F4N2O3S3/c1-23(31,24(26,27)28)17-8-10-18(11-9-17)30-13-12-29(36(32,33)22-7-4-14-34-22)15-19(30)16-35-21-6-3-2-5-20(21)25/h2-11,14,19,31H,12-13,15-16H2,1H3/t19-,23+/m1/s1. The van der Waals surface area contributed by atoms with Gasteiger partial charge in [-0.2, -0.15) is 17.5 Å². The molecule has 5 nitrogen and oxygen atoms in total. The van der Waals surface area contributed by atoms with E-state index in [-0.39, 0.29) is 34.7 Å². The van der Waals surface area contributed by atoms with Crippen molar-refractivity contribution in [2.45, 2.75) is 33.8 Å². The number of sulfonamides is 1.